The van der Waals surface area contributed by atoms with Crippen LogP contribution in [0.15, 0.2) is 23.1 Å². The van der Waals surface area contributed by atoms with Crippen LogP contribution in [0, 0.1) is 0 Å². The average Bonchev–Trinajstić information content (AvgIpc) is 2.72. The van der Waals surface area contributed by atoms with E-state index in [-0.39, 0.29) is 12.6 Å². The molecule has 1 aliphatic rings. The van der Waals surface area contributed by atoms with Crippen molar-refractivity contribution in [3.8, 4) is 0 Å². The van der Waals surface area contributed by atoms with Crippen LogP contribution in [0.1, 0.15) is 18.4 Å². The summed E-state index contributed by atoms with van der Waals surface area (Å²) in [6, 6.07) is 1.74. The molecule has 1 saturated heterocycles. The normalized spacial score (nSPS) is 20.8. The Labute approximate surface area is 95.8 Å². The van der Waals surface area contributed by atoms with Gasteiger partial charge in [0.1, 0.15) is 0 Å². The maximum Gasteiger partial charge on any atom is 0.417 e. The van der Waals surface area contributed by atoms with Crippen LogP contribution in [0.3, 0.4) is 0 Å². The van der Waals surface area contributed by atoms with E-state index < -0.39 is 17.3 Å². The van der Waals surface area contributed by atoms with Crippen LogP contribution in [0.25, 0.3) is 0 Å². The van der Waals surface area contributed by atoms with E-state index in [0.29, 0.717) is 6.61 Å². The zero-order valence-electron chi connectivity index (χ0n) is 9.04. The van der Waals surface area contributed by atoms with Gasteiger partial charge in [-0.15, -0.1) is 0 Å². The molecule has 1 unspecified atom stereocenters. The molecule has 2 rings (SSSR count). The molecule has 0 N–H and O–H groups in total. The number of ether oxygens (including phenoxy) is 1. The van der Waals surface area contributed by atoms with E-state index in [0.717, 1.165) is 35.7 Å². The first-order valence-corrected chi connectivity index (χ1v) is 5.36. The van der Waals surface area contributed by atoms with Crippen molar-refractivity contribution >= 4 is 0 Å². The summed E-state index contributed by atoms with van der Waals surface area (Å²) in [5, 5.41) is 0. The third-order valence-electron chi connectivity index (χ3n) is 2.74. The van der Waals surface area contributed by atoms with Crippen molar-refractivity contribution < 1.29 is 17.9 Å². The molecule has 1 aromatic rings. The molecule has 1 fully saturated rings. The minimum atomic E-state index is -4.42. The fraction of sp³-hybridized carbons (Fsp3) is 0.545. The van der Waals surface area contributed by atoms with Gasteiger partial charge in [-0.2, -0.15) is 13.2 Å². The summed E-state index contributed by atoms with van der Waals surface area (Å²) in [4.78, 5) is 11.4. The van der Waals surface area contributed by atoms with Crippen molar-refractivity contribution in [1.29, 1.82) is 0 Å². The van der Waals surface area contributed by atoms with Crippen molar-refractivity contribution in [2.75, 3.05) is 6.61 Å². The maximum absolute atomic E-state index is 12.5. The molecule has 2 heterocycles. The van der Waals surface area contributed by atoms with Crippen LogP contribution in [-0.2, 0) is 17.5 Å². The number of pyridine rings is 1. The lowest BCUT2D eigenvalue weighted by Gasteiger charge is -2.14. The Kier molecular flexibility index (Phi) is 3.24. The zero-order chi connectivity index (χ0) is 12.5. The fourth-order valence-electron chi connectivity index (χ4n) is 1.85. The molecule has 1 aliphatic heterocycles. The molecule has 0 aliphatic carbocycles. The van der Waals surface area contributed by atoms with Crippen LogP contribution < -0.4 is 5.56 Å². The van der Waals surface area contributed by atoms with E-state index in [9.17, 15) is 18.0 Å². The third-order valence-corrected chi connectivity index (χ3v) is 2.74. The summed E-state index contributed by atoms with van der Waals surface area (Å²) >= 11 is 0. The zero-order valence-corrected chi connectivity index (χ0v) is 9.04. The van der Waals surface area contributed by atoms with Crippen LogP contribution in [0.5, 0.6) is 0 Å². The van der Waals surface area contributed by atoms with E-state index in [1.165, 1.54) is 0 Å². The highest BCUT2D eigenvalue weighted by atomic mass is 19.4. The van der Waals surface area contributed by atoms with Gasteiger partial charge >= 0.3 is 6.18 Å². The van der Waals surface area contributed by atoms with Gasteiger partial charge in [0, 0.05) is 18.9 Å². The quantitative estimate of drug-likeness (QED) is 0.800. The Morgan fingerprint density at radius 1 is 1.41 bits per heavy atom. The van der Waals surface area contributed by atoms with Gasteiger partial charge in [0.15, 0.2) is 0 Å². The molecule has 0 bridgehead atoms. The van der Waals surface area contributed by atoms with Crippen molar-refractivity contribution in [3.05, 3.63) is 34.2 Å². The molecule has 0 spiro atoms. The van der Waals surface area contributed by atoms with Crippen LogP contribution in [-0.4, -0.2) is 17.3 Å². The number of nitrogens with zero attached hydrogens (tertiary/aromatic N) is 1. The van der Waals surface area contributed by atoms with Gasteiger partial charge in [-0.05, 0) is 18.9 Å². The van der Waals surface area contributed by atoms with Crippen LogP contribution >= 0.6 is 0 Å². The molecule has 0 amide bonds. The maximum atomic E-state index is 12.5. The molecule has 1 aromatic heterocycles. The Morgan fingerprint density at radius 2 is 2.18 bits per heavy atom. The molecular weight excluding hydrogens is 235 g/mol. The second kappa shape index (κ2) is 4.52. The number of aromatic nitrogens is 1. The summed E-state index contributed by atoms with van der Waals surface area (Å²) in [6.07, 6.45) is -2.06. The minimum Gasteiger partial charge on any atom is -0.376 e. The highest BCUT2D eigenvalue weighted by Crippen LogP contribution is 2.28. The average molecular weight is 247 g/mol. The predicted octanol–water partition coefficient (Wildman–Crippen LogP) is 2.05. The Bertz CT molecular complexity index is 447. The molecule has 6 heteroatoms. The predicted molar refractivity (Wildman–Crippen MR) is 54.7 cm³/mol. The van der Waals surface area contributed by atoms with Gasteiger partial charge in [0.05, 0.1) is 18.2 Å². The molecule has 3 nitrogen and oxygen atoms in total. The molecule has 17 heavy (non-hydrogen) atoms. The smallest absolute Gasteiger partial charge is 0.376 e. The van der Waals surface area contributed by atoms with Crippen LogP contribution in [0.4, 0.5) is 13.2 Å². The van der Waals surface area contributed by atoms with Crippen molar-refractivity contribution in [2.45, 2.75) is 31.7 Å². The fourth-order valence-corrected chi connectivity index (χ4v) is 1.85. The molecular formula is C11H12F3NO2. The molecule has 94 valence electrons. The molecule has 0 saturated carbocycles. The number of rotatable bonds is 2. The third kappa shape index (κ3) is 2.88. The van der Waals surface area contributed by atoms with Gasteiger partial charge in [-0.25, -0.2) is 0 Å². The lowest BCUT2D eigenvalue weighted by Crippen LogP contribution is -2.26. The first-order valence-electron chi connectivity index (χ1n) is 5.36. The SMILES string of the molecule is O=c1ccc(C(F)(F)F)cn1CC1CCCO1. The first kappa shape index (κ1) is 12.2. The van der Waals surface area contributed by atoms with Gasteiger partial charge in [0.2, 0.25) is 0 Å². The lowest BCUT2D eigenvalue weighted by molar-refractivity contribution is -0.138. The number of hydrogen-bond donors (Lipinski definition) is 0. The molecule has 0 aromatic carbocycles. The van der Waals surface area contributed by atoms with E-state index in [4.69, 9.17) is 4.74 Å². The standard InChI is InChI=1S/C11H12F3NO2/c12-11(13,14)8-3-4-10(16)15(6-8)7-9-2-1-5-17-9/h3-4,6,9H,1-2,5,7H2. The summed E-state index contributed by atoms with van der Waals surface area (Å²) in [5.74, 6) is 0. The van der Waals surface area contributed by atoms with E-state index in [1.807, 2.05) is 0 Å². The van der Waals surface area contributed by atoms with Crippen LogP contribution in [0.2, 0.25) is 0 Å². The van der Waals surface area contributed by atoms with E-state index >= 15 is 0 Å². The molecule has 1 atom stereocenters. The van der Waals surface area contributed by atoms with Gasteiger partial charge < -0.3 is 9.30 Å². The largest absolute Gasteiger partial charge is 0.417 e. The van der Waals surface area contributed by atoms with Gasteiger partial charge in [0.25, 0.3) is 5.56 Å². The summed E-state index contributed by atoms with van der Waals surface area (Å²) < 4.78 is 43.8. The highest BCUT2D eigenvalue weighted by Gasteiger charge is 2.31. The Balaban J connectivity index is 2.23. The number of halogens is 3. The van der Waals surface area contributed by atoms with E-state index in [2.05, 4.69) is 0 Å². The number of alkyl halides is 3. The molecule has 0 radical (unpaired) electrons. The van der Waals surface area contributed by atoms with Crippen molar-refractivity contribution in [1.82, 2.24) is 4.57 Å². The summed E-state index contributed by atoms with van der Waals surface area (Å²) in [5.41, 5.74) is -1.25. The Morgan fingerprint density at radius 3 is 2.76 bits per heavy atom. The highest BCUT2D eigenvalue weighted by molar-refractivity contribution is 5.13. The van der Waals surface area contributed by atoms with Gasteiger partial charge in [-0.1, -0.05) is 0 Å². The van der Waals surface area contributed by atoms with Crippen molar-refractivity contribution in [2.24, 2.45) is 0 Å². The number of hydrogen-bond acceptors (Lipinski definition) is 2. The second-order valence-corrected chi connectivity index (χ2v) is 4.04. The van der Waals surface area contributed by atoms with Gasteiger partial charge in [-0.3, -0.25) is 4.79 Å². The topological polar surface area (TPSA) is 31.2 Å². The van der Waals surface area contributed by atoms with E-state index in [1.54, 1.807) is 0 Å². The first-order chi connectivity index (χ1) is 7.97. The summed E-state index contributed by atoms with van der Waals surface area (Å²) in [6.45, 7) is 0.793. The minimum absolute atomic E-state index is 0.156. The monoisotopic (exact) mass is 247 g/mol. The second-order valence-electron chi connectivity index (χ2n) is 4.04. The lowest BCUT2D eigenvalue weighted by atomic mass is 10.2. The Hall–Kier alpha value is -1.30. The summed E-state index contributed by atoms with van der Waals surface area (Å²) in [7, 11) is 0. The van der Waals surface area contributed by atoms with Crippen molar-refractivity contribution in [3.63, 3.8) is 0 Å².